The van der Waals surface area contributed by atoms with Gasteiger partial charge in [0.15, 0.2) is 4.67 Å². The van der Waals surface area contributed by atoms with Crippen molar-refractivity contribution in [1.29, 1.82) is 0 Å². The number of anilines is 1. The summed E-state index contributed by atoms with van der Waals surface area (Å²) in [6, 6.07) is 3.83. The molecule has 5 heteroatoms. The van der Waals surface area contributed by atoms with Crippen LogP contribution in [0.1, 0.15) is 5.76 Å². The number of halogens is 1. The first-order valence-corrected chi connectivity index (χ1v) is 5.38. The summed E-state index contributed by atoms with van der Waals surface area (Å²) in [7, 11) is 0. The van der Waals surface area contributed by atoms with Crippen molar-refractivity contribution in [1.82, 2.24) is 9.97 Å². The van der Waals surface area contributed by atoms with Crippen molar-refractivity contribution in [3.63, 3.8) is 0 Å². The Kier molecular flexibility index (Phi) is 3.34. The highest BCUT2D eigenvalue weighted by atomic mass is 79.9. The van der Waals surface area contributed by atoms with Gasteiger partial charge in [-0.25, -0.2) is 4.98 Å². The van der Waals surface area contributed by atoms with Crippen LogP contribution >= 0.6 is 15.9 Å². The average molecular weight is 268 g/mol. The summed E-state index contributed by atoms with van der Waals surface area (Å²) in [5.41, 5.74) is 0. The summed E-state index contributed by atoms with van der Waals surface area (Å²) in [5, 5.41) is 3.15. The van der Waals surface area contributed by atoms with Crippen molar-refractivity contribution < 1.29 is 4.42 Å². The van der Waals surface area contributed by atoms with Crippen molar-refractivity contribution in [2.45, 2.75) is 6.42 Å². The van der Waals surface area contributed by atoms with Crippen molar-refractivity contribution in [3.8, 4) is 0 Å². The van der Waals surface area contributed by atoms with E-state index in [0.29, 0.717) is 0 Å². The van der Waals surface area contributed by atoms with Gasteiger partial charge in [-0.1, -0.05) is 0 Å². The Balaban J connectivity index is 1.80. The standard InChI is InChI=1S/C10H10BrN3O/c11-9-2-1-8(15-9)3-4-13-10-7-12-5-6-14-10/h1-2,5-7H,3-4H2,(H,13,14). The highest BCUT2D eigenvalue weighted by Gasteiger charge is 1.99. The highest BCUT2D eigenvalue weighted by molar-refractivity contribution is 9.10. The van der Waals surface area contributed by atoms with E-state index in [4.69, 9.17) is 4.42 Å². The Morgan fingerprint density at radius 3 is 2.93 bits per heavy atom. The molecule has 0 aliphatic rings. The van der Waals surface area contributed by atoms with Crippen LogP contribution in [0.25, 0.3) is 0 Å². The third kappa shape index (κ3) is 3.06. The molecule has 1 N–H and O–H groups in total. The molecule has 15 heavy (non-hydrogen) atoms. The Morgan fingerprint density at radius 1 is 1.33 bits per heavy atom. The second kappa shape index (κ2) is 4.93. The summed E-state index contributed by atoms with van der Waals surface area (Å²) in [6.07, 6.45) is 5.82. The molecule has 0 unspecified atom stereocenters. The molecule has 0 spiro atoms. The van der Waals surface area contributed by atoms with Crippen molar-refractivity contribution >= 4 is 21.7 Å². The van der Waals surface area contributed by atoms with Gasteiger partial charge in [0, 0.05) is 25.4 Å². The molecule has 2 aromatic heterocycles. The maximum Gasteiger partial charge on any atom is 0.169 e. The molecule has 0 bridgehead atoms. The fourth-order valence-corrected chi connectivity index (χ4v) is 1.53. The lowest BCUT2D eigenvalue weighted by molar-refractivity contribution is 0.491. The molecule has 0 radical (unpaired) electrons. The Morgan fingerprint density at radius 2 is 2.27 bits per heavy atom. The van der Waals surface area contributed by atoms with Gasteiger partial charge in [0.05, 0.1) is 6.20 Å². The van der Waals surface area contributed by atoms with Crippen LogP contribution in [0.2, 0.25) is 0 Å². The van der Waals surface area contributed by atoms with Gasteiger partial charge in [0.2, 0.25) is 0 Å². The molecule has 0 aliphatic heterocycles. The van der Waals surface area contributed by atoms with Crippen LogP contribution in [0.4, 0.5) is 5.82 Å². The second-order valence-electron chi connectivity index (χ2n) is 2.97. The summed E-state index contributed by atoms with van der Waals surface area (Å²) in [5.74, 6) is 1.72. The molecule has 0 aromatic carbocycles. The van der Waals surface area contributed by atoms with Crippen molar-refractivity contribution in [3.05, 3.63) is 41.2 Å². The predicted octanol–water partition coefficient (Wildman–Crippen LogP) is 2.49. The van der Waals surface area contributed by atoms with Crippen LogP contribution in [0, 0.1) is 0 Å². The maximum absolute atomic E-state index is 5.36. The minimum atomic E-state index is 0.761. The molecule has 0 fully saturated rings. The zero-order chi connectivity index (χ0) is 10.5. The lowest BCUT2D eigenvalue weighted by atomic mass is 10.3. The van der Waals surface area contributed by atoms with Gasteiger partial charge in [0.25, 0.3) is 0 Å². The molecular formula is C10H10BrN3O. The fourth-order valence-electron chi connectivity index (χ4n) is 1.19. The third-order valence-electron chi connectivity index (χ3n) is 1.87. The number of nitrogens with one attached hydrogen (secondary N) is 1. The van der Waals surface area contributed by atoms with Crippen LogP contribution in [-0.4, -0.2) is 16.5 Å². The van der Waals surface area contributed by atoms with Gasteiger partial charge in [-0.2, -0.15) is 0 Å². The normalized spacial score (nSPS) is 10.2. The fraction of sp³-hybridized carbons (Fsp3) is 0.200. The van der Waals surface area contributed by atoms with Crippen LogP contribution in [0.5, 0.6) is 0 Å². The second-order valence-corrected chi connectivity index (χ2v) is 3.75. The van der Waals surface area contributed by atoms with Crippen molar-refractivity contribution in [2.75, 3.05) is 11.9 Å². The SMILES string of the molecule is Brc1ccc(CCNc2cnccn2)o1. The summed E-state index contributed by atoms with van der Waals surface area (Å²) < 4.78 is 6.12. The Hall–Kier alpha value is -1.36. The molecule has 2 heterocycles. The van der Waals surface area contributed by atoms with E-state index in [1.165, 1.54) is 0 Å². The molecule has 0 amide bonds. The van der Waals surface area contributed by atoms with Gasteiger partial charge in [-0.05, 0) is 28.1 Å². The van der Waals surface area contributed by atoms with E-state index >= 15 is 0 Å². The topological polar surface area (TPSA) is 51.0 Å². The van der Waals surface area contributed by atoms with Crippen molar-refractivity contribution in [2.24, 2.45) is 0 Å². The Labute approximate surface area is 95.9 Å². The van der Waals surface area contributed by atoms with E-state index in [2.05, 4.69) is 31.2 Å². The predicted molar refractivity (Wildman–Crippen MR) is 60.6 cm³/mol. The lowest BCUT2D eigenvalue weighted by Gasteiger charge is -2.02. The molecule has 2 rings (SSSR count). The number of rotatable bonds is 4. The number of hydrogen-bond acceptors (Lipinski definition) is 4. The molecule has 0 saturated heterocycles. The average Bonchev–Trinajstić information content (AvgIpc) is 2.66. The largest absolute Gasteiger partial charge is 0.454 e. The quantitative estimate of drug-likeness (QED) is 0.925. The first kappa shape index (κ1) is 10.2. The van der Waals surface area contributed by atoms with E-state index in [0.717, 1.165) is 29.2 Å². The monoisotopic (exact) mass is 267 g/mol. The van der Waals surface area contributed by atoms with Crippen LogP contribution in [0.15, 0.2) is 39.8 Å². The molecule has 0 atom stereocenters. The number of nitrogens with zero attached hydrogens (tertiary/aromatic N) is 2. The number of furan rings is 1. The summed E-state index contributed by atoms with van der Waals surface area (Å²) >= 11 is 3.26. The van der Waals surface area contributed by atoms with Crippen LogP contribution in [0.3, 0.4) is 0 Å². The van der Waals surface area contributed by atoms with Crippen LogP contribution < -0.4 is 5.32 Å². The maximum atomic E-state index is 5.36. The Bertz CT molecular complexity index is 416. The zero-order valence-corrected chi connectivity index (χ0v) is 9.57. The smallest absolute Gasteiger partial charge is 0.169 e. The van der Waals surface area contributed by atoms with E-state index in [1.807, 2.05) is 12.1 Å². The van der Waals surface area contributed by atoms with E-state index in [9.17, 15) is 0 Å². The third-order valence-corrected chi connectivity index (χ3v) is 2.30. The molecule has 4 nitrogen and oxygen atoms in total. The minimum absolute atomic E-state index is 0.761. The minimum Gasteiger partial charge on any atom is -0.454 e. The summed E-state index contributed by atoms with van der Waals surface area (Å²) in [4.78, 5) is 8.06. The molecule has 78 valence electrons. The van der Waals surface area contributed by atoms with E-state index < -0.39 is 0 Å². The molecular weight excluding hydrogens is 258 g/mol. The van der Waals surface area contributed by atoms with Gasteiger partial charge in [-0.15, -0.1) is 0 Å². The summed E-state index contributed by atoms with van der Waals surface area (Å²) in [6.45, 7) is 0.776. The number of hydrogen-bond donors (Lipinski definition) is 1. The van der Waals surface area contributed by atoms with E-state index in [1.54, 1.807) is 18.6 Å². The van der Waals surface area contributed by atoms with Gasteiger partial charge in [-0.3, -0.25) is 4.98 Å². The van der Waals surface area contributed by atoms with Gasteiger partial charge < -0.3 is 9.73 Å². The first-order valence-electron chi connectivity index (χ1n) is 4.59. The molecule has 0 aliphatic carbocycles. The zero-order valence-electron chi connectivity index (χ0n) is 7.98. The van der Waals surface area contributed by atoms with E-state index in [-0.39, 0.29) is 0 Å². The molecule has 0 saturated carbocycles. The van der Waals surface area contributed by atoms with Gasteiger partial charge >= 0.3 is 0 Å². The van der Waals surface area contributed by atoms with Gasteiger partial charge in [0.1, 0.15) is 11.6 Å². The van der Waals surface area contributed by atoms with Crippen LogP contribution in [-0.2, 0) is 6.42 Å². The lowest BCUT2D eigenvalue weighted by Crippen LogP contribution is -2.05. The highest BCUT2D eigenvalue weighted by Crippen LogP contribution is 2.14. The first-order chi connectivity index (χ1) is 7.34. The molecule has 2 aromatic rings. The number of aromatic nitrogens is 2.